The highest BCUT2D eigenvalue weighted by molar-refractivity contribution is 8.02. The number of nitrogens with zero attached hydrogens (tertiary/aromatic N) is 1. The second kappa shape index (κ2) is 2.81. The predicted molar refractivity (Wildman–Crippen MR) is 52.7 cm³/mol. The Morgan fingerprint density at radius 2 is 2.23 bits per heavy atom. The van der Waals surface area contributed by atoms with Gasteiger partial charge in [0, 0.05) is 5.56 Å². The van der Waals surface area contributed by atoms with E-state index in [0.717, 1.165) is 5.69 Å². The van der Waals surface area contributed by atoms with Crippen molar-refractivity contribution < 1.29 is 4.92 Å². The zero-order chi connectivity index (χ0) is 9.42. The van der Waals surface area contributed by atoms with E-state index in [1.165, 1.54) is 12.1 Å². The maximum atomic E-state index is 10.7. The van der Waals surface area contributed by atoms with Crippen LogP contribution >= 0.6 is 12.1 Å². The van der Waals surface area contributed by atoms with Gasteiger partial charge in [0.05, 0.1) is 22.7 Å². The molecule has 5 nitrogen and oxygen atoms in total. The molecule has 0 bridgehead atoms. The highest BCUT2D eigenvalue weighted by Gasteiger charge is 2.24. The molecule has 2 rings (SSSR count). The molecule has 0 aliphatic carbocycles. The monoisotopic (exact) mass is 197 g/mol. The van der Waals surface area contributed by atoms with Gasteiger partial charge in [-0.2, -0.15) is 0 Å². The highest BCUT2D eigenvalue weighted by atomic mass is 32.2. The maximum Gasteiger partial charge on any atom is 0.298 e. The minimum Gasteiger partial charge on any atom is -0.310 e. The molecule has 0 radical (unpaired) electrons. The standard InChI is InChI=1S/C7H7N3O2S/c1-4-2-3-5-6(9-13-8-5)7(4)10(11)12/h2-3,8-9H,1H3. The van der Waals surface area contributed by atoms with E-state index in [9.17, 15) is 10.1 Å². The molecule has 1 aliphatic heterocycles. The Labute approximate surface area is 78.9 Å². The number of nitrogens with one attached hydrogen (secondary N) is 2. The minimum absolute atomic E-state index is 0.148. The van der Waals surface area contributed by atoms with Gasteiger partial charge in [-0.1, -0.05) is 6.07 Å². The zero-order valence-corrected chi connectivity index (χ0v) is 7.64. The van der Waals surface area contributed by atoms with Crippen molar-refractivity contribution in [3.8, 4) is 0 Å². The lowest BCUT2D eigenvalue weighted by atomic mass is 10.1. The quantitative estimate of drug-likeness (QED) is 0.411. The SMILES string of the molecule is Cc1ccc2c(c1[N+](=O)[O-])NSN2. The lowest BCUT2D eigenvalue weighted by Gasteiger charge is -2.01. The summed E-state index contributed by atoms with van der Waals surface area (Å²) < 4.78 is 5.78. The lowest BCUT2D eigenvalue weighted by molar-refractivity contribution is -0.384. The van der Waals surface area contributed by atoms with Crippen LogP contribution in [0.2, 0.25) is 0 Å². The third-order valence-electron chi connectivity index (χ3n) is 1.88. The molecule has 1 aliphatic rings. The van der Waals surface area contributed by atoms with E-state index >= 15 is 0 Å². The topological polar surface area (TPSA) is 67.2 Å². The number of rotatable bonds is 1. The fourth-order valence-corrected chi connectivity index (χ4v) is 1.89. The Kier molecular flexibility index (Phi) is 1.77. The Balaban J connectivity index is 2.65. The Bertz CT molecular complexity index is 380. The van der Waals surface area contributed by atoms with E-state index in [1.54, 1.807) is 13.0 Å². The van der Waals surface area contributed by atoms with Crippen LogP contribution in [0.4, 0.5) is 17.1 Å². The summed E-state index contributed by atoms with van der Waals surface area (Å²) >= 11 is 1.24. The zero-order valence-electron chi connectivity index (χ0n) is 6.83. The van der Waals surface area contributed by atoms with Crippen molar-refractivity contribution in [2.24, 2.45) is 0 Å². The van der Waals surface area contributed by atoms with Gasteiger partial charge in [0.15, 0.2) is 0 Å². The van der Waals surface area contributed by atoms with E-state index in [1.807, 2.05) is 6.07 Å². The number of aryl methyl sites for hydroxylation is 1. The van der Waals surface area contributed by atoms with E-state index < -0.39 is 0 Å². The number of hydrogen-bond acceptors (Lipinski definition) is 5. The van der Waals surface area contributed by atoms with Crippen molar-refractivity contribution in [1.82, 2.24) is 0 Å². The van der Waals surface area contributed by atoms with E-state index in [-0.39, 0.29) is 10.6 Å². The van der Waals surface area contributed by atoms with E-state index in [0.29, 0.717) is 11.3 Å². The van der Waals surface area contributed by atoms with E-state index in [4.69, 9.17) is 0 Å². The van der Waals surface area contributed by atoms with Crippen molar-refractivity contribution in [1.29, 1.82) is 0 Å². The van der Waals surface area contributed by atoms with Gasteiger partial charge >= 0.3 is 0 Å². The fourth-order valence-electron chi connectivity index (χ4n) is 1.25. The lowest BCUT2D eigenvalue weighted by Crippen LogP contribution is -1.94. The maximum absolute atomic E-state index is 10.7. The molecule has 0 spiro atoms. The predicted octanol–water partition coefficient (Wildman–Crippen LogP) is 2.30. The molecular weight excluding hydrogens is 190 g/mol. The van der Waals surface area contributed by atoms with Gasteiger partial charge in [-0.05, 0) is 13.0 Å². The van der Waals surface area contributed by atoms with Crippen molar-refractivity contribution in [3.05, 3.63) is 27.8 Å². The van der Waals surface area contributed by atoms with E-state index in [2.05, 4.69) is 9.44 Å². The van der Waals surface area contributed by atoms with Crippen LogP contribution < -0.4 is 9.44 Å². The third kappa shape index (κ3) is 1.19. The first-order valence-electron chi connectivity index (χ1n) is 3.66. The second-order valence-corrected chi connectivity index (χ2v) is 3.33. The second-order valence-electron chi connectivity index (χ2n) is 2.72. The summed E-state index contributed by atoms with van der Waals surface area (Å²) in [5, 5.41) is 10.7. The molecule has 0 atom stereocenters. The number of fused-ring (bicyclic) bond motifs is 1. The summed E-state index contributed by atoms with van der Waals surface area (Å²) in [6.45, 7) is 1.73. The highest BCUT2D eigenvalue weighted by Crippen LogP contribution is 2.41. The Hall–Kier alpha value is -1.43. The number of benzene rings is 1. The molecule has 0 saturated carbocycles. The first kappa shape index (κ1) is 8.18. The Morgan fingerprint density at radius 1 is 1.46 bits per heavy atom. The summed E-state index contributed by atoms with van der Waals surface area (Å²) in [4.78, 5) is 10.3. The van der Waals surface area contributed by atoms with Crippen LogP contribution in [-0.4, -0.2) is 4.92 Å². The molecule has 1 heterocycles. The third-order valence-corrected chi connectivity index (χ3v) is 2.50. The van der Waals surface area contributed by atoms with Crippen molar-refractivity contribution in [2.45, 2.75) is 6.92 Å². The van der Waals surface area contributed by atoms with Crippen molar-refractivity contribution >= 4 is 29.2 Å². The smallest absolute Gasteiger partial charge is 0.298 e. The number of nitro benzene ring substituents is 1. The van der Waals surface area contributed by atoms with Crippen LogP contribution in [0, 0.1) is 17.0 Å². The average Bonchev–Trinajstić information content (AvgIpc) is 2.50. The normalized spacial score (nSPS) is 13.0. The summed E-state index contributed by atoms with van der Waals surface area (Å²) in [6.07, 6.45) is 0. The van der Waals surface area contributed by atoms with Gasteiger partial charge in [-0.3, -0.25) is 10.1 Å². The van der Waals surface area contributed by atoms with Crippen LogP contribution in [0.5, 0.6) is 0 Å². The minimum atomic E-state index is -0.366. The van der Waals surface area contributed by atoms with Crippen LogP contribution in [-0.2, 0) is 0 Å². The van der Waals surface area contributed by atoms with Gasteiger partial charge in [-0.15, -0.1) is 0 Å². The summed E-state index contributed by atoms with van der Waals surface area (Å²) in [7, 11) is 0. The van der Waals surface area contributed by atoms with Crippen LogP contribution in [0.1, 0.15) is 5.56 Å². The van der Waals surface area contributed by atoms with Crippen LogP contribution in [0.3, 0.4) is 0 Å². The number of hydrogen-bond donors (Lipinski definition) is 2. The van der Waals surface area contributed by atoms with Gasteiger partial charge in [0.1, 0.15) is 5.69 Å². The Morgan fingerprint density at radius 3 is 2.92 bits per heavy atom. The summed E-state index contributed by atoms with van der Waals surface area (Å²) in [5.74, 6) is 0. The average molecular weight is 197 g/mol. The first-order chi connectivity index (χ1) is 6.20. The van der Waals surface area contributed by atoms with Gasteiger partial charge in [-0.25, -0.2) is 0 Å². The number of nitro groups is 1. The summed E-state index contributed by atoms with van der Waals surface area (Å²) in [5.41, 5.74) is 2.15. The molecule has 1 aromatic carbocycles. The molecule has 0 amide bonds. The van der Waals surface area contributed by atoms with Crippen LogP contribution in [0.25, 0.3) is 0 Å². The number of anilines is 2. The van der Waals surface area contributed by atoms with Crippen molar-refractivity contribution in [2.75, 3.05) is 9.44 Å². The van der Waals surface area contributed by atoms with Gasteiger partial charge in [0.25, 0.3) is 5.69 Å². The molecule has 0 aromatic heterocycles. The molecule has 0 fully saturated rings. The van der Waals surface area contributed by atoms with Gasteiger partial charge < -0.3 is 9.44 Å². The molecule has 68 valence electrons. The summed E-state index contributed by atoms with van der Waals surface area (Å²) in [6, 6.07) is 3.56. The fraction of sp³-hybridized carbons (Fsp3) is 0.143. The van der Waals surface area contributed by atoms with Gasteiger partial charge in [0.2, 0.25) is 0 Å². The molecule has 1 aromatic rings. The molecular formula is C7H7N3O2S. The largest absolute Gasteiger partial charge is 0.310 e. The first-order valence-corrected chi connectivity index (χ1v) is 4.47. The van der Waals surface area contributed by atoms with Crippen molar-refractivity contribution in [3.63, 3.8) is 0 Å². The molecule has 0 unspecified atom stereocenters. The van der Waals surface area contributed by atoms with Crippen LogP contribution in [0.15, 0.2) is 12.1 Å². The molecule has 6 heteroatoms. The molecule has 0 saturated heterocycles. The molecule has 13 heavy (non-hydrogen) atoms. The molecule has 2 N–H and O–H groups in total.